The van der Waals surface area contributed by atoms with Gasteiger partial charge in [0.25, 0.3) is 5.91 Å². The van der Waals surface area contributed by atoms with E-state index in [1.54, 1.807) is 12.1 Å². The lowest BCUT2D eigenvalue weighted by molar-refractivity contribution is -0.452. The largest absolute Gasteiger partial charge is 0.271 e. The molecule has 0 spiro atoms. The average Bonchev–Trinajstić information content (AvgIpc) is 2.97. The highest BCUT2D eigenvalue weighted by atomic mass is 35.5. The fraction of sp³-hybridized carbons (Fsp3) is 0.286. The van der Waals surface area contributed by atoms with Crippen molar-refractivity contribution in [2.45, 2.75) is 26.2 Å². The molecule has 2 aromatic carbocycles. The Labute approximate surface area is 163 Å². The van der Waals surface area contributed by atoms with E-state index in [1.165, 1.54) is 22.7 Å². The van der Waals surface area contributed by atoms with Gasteiger partial charge in [0.2, 0.25) is 0 Å². The minimum absolute atomic E-state index is 0.121. The molecule has 0 aromatic heterocycles. The molecule has 1 heterocycles. The first-order chi connectivity index (χ1) is 13.1. The summed E-state index contributed by atoms with van der Waals surface area (Å²) in [7, 11) is 0. The summed E-state index contributed by atoms with van der Waals surface area (Å²) in [5, 5.41) is 6.57. The third-order valence-electron chi connectivity index (χ3n) is 4.40. The van der Waals surface area contributed by atoms with Gasteiger partial charge in [-0.15, -0.1) is 0 Å². The Morgan fingerprint density at radius 1 is 1.15 bits per heavy atom. The number of hydrazone groups is 1. The van der Waals surface area contributed by atoms with Crippen molar-refractivity contribution < 1.29 is 14.2 Å². The summed E-state index contributed by atoms with van der Waals surface area (Å²) in [6.45, 7) is 2.76. The number of amides is 1. The Hall–Kier alpha value is -2.53. The topological polar surface area (TPSA) is 46.6 Å². The minimum Gasteiger partial charge on any atom is -0.271 e. The predicted octanol–water partition coefficient (Wildman–Crippen LogP) is 2.99. The van der Waals surface area contributed by atoms with Gasteiger partial charge >= 0.3 is 0 Å². The lowest BCUT2D eigenvalue weighted by Crippen LogP contribution is -2.71. The lowest BCUT2D eigenvalue weighted by Gasteiger charge is -2.11. The minimum atomic E-state index is -0.403. The molecule has 6 heteroatoms. The van der Waals surface area contributed by atoms with Crippen LogP contribution in [0.2, 0.25) is 5.02 Å². The van der Waals surface area contributed by atoms with Crippen LogP contribution in [0.5, 0.6) is 0 Å². The molecule has 0 unspecified atom stereocenters. The van der Waals surface area contributed by atoms with Crippen molar-refractivity contribution >= 4 is 35.1 Å². The van der Waals surface area contributed by atoms with Crippen LogP contribution < -0.4 is 10.0 Å². The van der Waals surface area contributed by atoms with Gasteiger partial charge in [0.1, 0.15) is 12.4 Å². The van der Waals surface area contributed by atoms with E-state index in [-0.39, 0.29) is 11.7 Å². The quantitative estimate of drug-likeness (QED) is 0.730. The summed E-state index contributed by atoms with van der Waals surface area (Å²) >= 11 is 5.90. The van der Waals surface area contributed by atoms with Crippen LogP contribution in [0.25, 0.3) is 0 Å². The first-order valence-corrected chi connectivity index (χ1v) is 9.44. The molecule has 2 aromatic rings. The van der Waals surface area contributed by atoms with Gasteiger partial charge < -0.3 is 0 Å². The molecule has 27 heavy (non-hydrogen) atoms. The molecular weight excluding hydrogens is 365 g/mol. The maximum Gasteiger partial charge on any atom is 0.266 e. The lowest BCUT2D eigenvalue weighted by atomic mass is 10.0. The number of rotatable bonds is 7. The van der Waals surface area contributed by atoms with Gasteiger partial charge in [-0.05, 0) is 48.4 Å². The van der Waals surface area contributed by atoms with Crippen molar-refractivity contribution in [1.82, 2.24) is 0 Å². The molecule has 1 atom stereocenters. The van der Waals surface area contributed by atoms with E-state index in [9.17, 15) is 9.18 Å². The summed E-state index contributed by atoms with van der Waals surface area (Å²) < 4.78 is 13.1. The number of halogens is 2. The number of nitrogens with zero attached hydrogens (tertiary/aromatic N) is 2. The Morgan fingerprint density at radius 2 is 1.85 bits per heavy atom. The summed E-state index contributed by atoms with van der Waals surface area (Å²) in [6, 6.07) is 13.5. The molecule has 3 rings (SSSR count). The summed E-state index contributed by atoms with van der Waals surface area (Å²) in [5.74, 6) is -0.862. The van der Waals surface area contributed by atoms with Gasteiger partial charge in [-0.1, -0.05) is 37.1 Å². The second kappa shape index (κ2) is 8.91. The number of carbonyl (C=O) groups excluding carboxylic acids is 1. The van der Waals surface area contributed by atoms with Crippen molar-refractivity contribution in [3.8, 4) is 0 Å². The Kier molecular flexibility index (Phi) is 6.35. The fourth-order valence-electron chi connectivity index (χ4n) is 2.98. The van der Waals surface area contributed by atoms with Gasteiger partial charge in [0.05, 0.1) is 11.4 Å². The normalized spacial score (nSPS) is 17.0. The molecule has 4 nitrogen and oxygen atoms in total. The van der Waals surface area contributed by atoms with E-state index in [0.29, 0.717) is 12.2 Å². The summed E-state index contributed by atoms with van der Waals surface area (Å²) in [4.78, 5) is 16.1. The number of nitrogens with one attached hydrogen (secondary N) is 1. The highest BCUT2D eigenvalue weighted by Crippen LogP contribution is 2.24. The number of hydrogen-bond donors (Lipinski definition) is 1. The van der Waals surface area contributed by atoms with Crippen LogP contribution in [0.4, 0.5) is 10.1 Å². The smallest absolute Gasteiger partial charge is 0.266 e. The first-order valence-electron chi connectivity index (χ1n) is 9.06. The van der Waals surface area contributed by atoms with Gasteiger partial charge in [0, 0.05) is 11.4 Å². The van der Waals surface area contributed by atoms with E-state index in [4.69, 9.17) is 11.6 Å². The van der Waals surface area contributed by atoms with Crippen LogP contribution in [0, 0.1) is 11.7 Å². The van der Waals surface area contributed by atoms with Crippen molar-refractivity contribution in [1.29, 1.82) is 0 Å². The van der Waals surface area contributed by atoms with Crippen LogP contribution in [0.1, 0.15) is 25.3 Å². The van der Waals surface area contributed by atoms with Gasteiger partial charge in [-0.25, -0.2) is 4.39 Å². The van der Waals surface area contributed by atoms with Gasteiger partial charge in [-0.3, -0.25) is 9.79 Å². The highest BCUT2D eigenvalue weighted by Gasteiger charge is 2.36. The zero-order valence-corrected chi connectivity index (χ0v) is 15.9. The maximum atomic E-state index is 13.1. The maximum absolute atomic E-state index is 13.1. The van der Waals surface area contributed by atoms with E-state index in [1.807, 2.05) is 30.5 Å². The second-order valence-corrected chi connectivity index (χ2v) is 6.88. The van der Waals surface area contributed by atoms with Crippen molar-refractivity contribution in [3.05, 3.63) is 64.9 Å². The number of benzene rings is 2. The monoisotopic (exact) mass is 386 g/mol. The van der Waals surface area contributed by atoms with Crippen LogP contribution in [-0.4, -0.2) is 24.4 Å². The molecule has 0 radical (unpaired) electrons. The summed E-state index contributed by atoms with van der Waals surface area (Å²) in [5.41, 5.74) is 2.58. The SMILES string of the molecule is CCCC1=NN(c2ccc(F)cc2)C(=O)[C@@H]1C=[NH+]CCc1ccc(Cl)cc1. The zero-order valence-electron chi connectivity index (χ0n) is 15.2. The van der Waals surface area contributed by atoms with Gasteiger partial charge in [-0.2, -0.15) is 10.1 Å². The van der Waals surface area contributed by atoms with Crippen LogP contribution in [-0.2, 0) is 11.2 Å². The molecule has 1 aliphatic heterocycles. The third-order valence-corrected chi connectivity index (χ3v) is 4.65. The molecule has 1 aliphatic rings. The van der Waals surface area contributed by atoms with Crippen molar-refractivity contribution in [2.24, 2.45) is 11.0 Å². The molecule has 140 valence electrons. The van der Waals surface area contributed by atoms with E-state index in [0.717, 1.165) is 30.0 Å². The highest BCUT2D eigenvalue weighted by molar-refractivity contribution is 6.30. The Bertz CT molecular complexity index is 847. The Morgan fingerprint density at radius 3 is 2.52 bits per heavy atom. The number of anilines is 1. The molecule has 1 amide bonds. The Balaban J connectivity index is 1.67. The van der Waals surface area contributed by atoms with Crippen molar-refractivity contribution in [2.75, 3.05) is 11.6 Å². The second-order valence-electron chi connectivity index (χ2n) is 6.44. The third kappa shape index (κ3) is 4.80. The van der Waals surface area contributed by atoms with E-state index >= 15 is 0 Å². The van der Waals surface area contributed by atoms with Crippen LogP contribution in [0.15, 0.2) is 53.6 Å². The molecule has 0 saturated carbocycles. The van der Waals surface area contributed by atoms with Crippen LogP contribution in [0.3, 0.4) is 0 Å². The van der Waals surface area contributed by atoms with Gasteiger partial charge in [0.15, 0.2) is 12.1 Å². The molecular formula is C21H22ClFN3O+. The molecule has 0 bridgehead atoms. The zero-order chi connectivity index (χ0) is 19.2. The van der Waals surface area contributed by atoms with E-state index in [2.05, 4.69) is 17.0 Å². The first kappa shape index (κ1) is 19.2. The summed E-state index contributed by atoms with van der Waals surface area (Å²) in [6.07, 6.45) is 4.29. The molecule has 1 N–H and O–H groups in total. The number of carbonyl (C=O) groups is 1. The fourth-order valence-corrected chi connectivity index (χ4v) is 3.11. The van der Waals surface area contributed by atoms with Crippen molar-refractivity contribution in [3.63, 3.8) is 0 Å². The predicted molar refractivity (Wildman–Crippen MR) is 107 cm³/mol. The number of hydrogen-bond acceptors (Lipinski definition) is 2. The van der Waals surface area contributed by atoms with E-state index < -0.39 is 5.92 Å². The molecule has 0 saturated heterocycles. The standard InChI is InChI=1S/C21H21ClFN3O/c1-2-3-20-19(14-24-13-12-15-4-6-16(22)7-5-15)21(27)26(25-20)18-10-8-17(23)9-11-18/h4-11,14,19H,2-3,12-13H2,1H3/p+1/t19-/m1/s1. The average molecular weight is 387 g/mol. The molecule has 0 aliphatic carbocycles. The van der Waals surface area contributed by atoms with Crippen LogP contribution >= 0.6 is 11.6 Å². The molecule has 0 fully saturated rings.